The van der Waals surface area contributed by atoms with E-state index in [-0.39, 0.29) is 21.4 Å². The van der Waals surface area contributed by atoms with Gasteiger partial charge in [0.25, 0.3) is 0 Å². The number of rotatable bonds is 3. The Labute approximate surface area is 165 Å². The predicted octanol–water partition coefficient (Wildman–Crippen LogP) is 4.47. The number of piperidine rings is 1. The number of quaternary nitrogens is 1. The standard InChI is InChI=1S/C23H27F2N2O/c1-3-13-27(22(28)17-5-4-6-19(24)21(17)25)15-23(9-11-26-12-10-23)18-14-16(2)7-8-20(18)27/h4-8,14,26H,3,9-13,15H2,1-2H3/q+1. The molecule has 2 aliphatic heterocycles. The van der Waals surface area contributed by atoms with Crippen molar-refractivity contribution in [2.24, 2.45) is 0 Å². The fourth-order valence-electron chi connectivity index (χ4n) is 5.23. The maximum Gasteiger partial charge on any atom is 0.354 e. The van der Waals surface area contributed by atoms with Crippen LogP contribution >= 0.6 is 0 Å². The molecular formula is C23H27F2N2O+. The van der Waals surface area contributed by atoms with Crippen LogP contribution in [0.4, 0.5) is 14.5 Å². The molecule has 1 N–H and O–H groups in total. The molecule has 5 heteroatoms. The molecule has 0 bridgehead atoms. The molecule has 2 aromatic carbocycles. The summed E-state index contributed by atoms with van der Waals surface area (Å²) in [5.41, 5.74) is 3.10. The fourth-order valence-corrected chi connectivity index (χ4v) is 5.23. The number of hydrogen-bond acceptors (Lipinski definition) is 2. The van der Waals surface area contributed by atoms with Crippen LogP contribution in [0.2, 0.25) is 0 Å². The molecule has 1 saturated heterocycles. The topological polar surface area (TPSA) is 29.1 Å². The van der Waals surface area contributed by atoms with Crippen molar-refractivity contribution in [3.05, 3.63) is 64.7 Å². The van der Waals surface area contributed by atoms with Gasteiger partial charge in [-0.15, -0.1) is 0 Å². The average Bonchev–Trinajstić information content (AvgIpc) is 2.94. The Morgan fingerprint density at radius 3 is 2.64 bits per heavy atom. The molecule has 1 spiro atoms. The number of carbonyl (C=O) groups excluding carboxylic acids is 1. The highest BCUT2D eigenvalue weighted by atomic mass is 19.2. The predicted molar refractivity (Wildman–Crippen MR) is 107 cm³/mol. The summed E-state index contributed by atoms with van der Waals surface area (Å²) in [5, 5.41) is 3.42. The summed E-state index contributed by atoms with van der Waals surface area (Å²) >= 11 is 0. The van der Waals surface area contributed by atoms with Gasteiger partial charge in [-0.25, -0.2) is 18.1 Å². The zero-order valence-corrected chi connectivity index (χ0v) is 16.5. The van der Waals surface area contributed by atoms with E-state index >= 15 is 0 Å². The minimum Gasteiger partial charge on any atom is -0.317 e. The largest absolute Gasteiger partial charge is 0.354 e. The second-order valence-corrected chi connectivity index (χ2v) is 8.31. The summed E-state index contributed by atoms with van der Waals surface area (Å²) in [6.45, 7) is 7.12. The smallest absolute Gasteiger partial charge is 0.317 e. The van der Waals surface area contributed by atoms with Crippen LogP contribution in [0.5, 0.6) is 0 Å². The van der Waals surface area contributed by atoms with Gasteiger partial charge >= 0.3 is 5.91 Å². The molecule has 28 heavy (non-hydrogen) atoms. The van der Waals surface area contributed by atoms with Gasteiger partial charge in [0.2, 0.25) is 0 Å². The molecular weight excluding hydrogens is 358 g/mol. The summed E-state index contributed by atoms with van der Waals surface area (Å²) in [6, 6.07) is 10.2. The number of hydrogen-bond donors (Lipinski definition) is 1. The molecule has 2 heterocycles. The molecule has 148 valence electrons. The molecule has 0 saturated carbocycles. The first-order valence-corrected chi connectivity index (χ1v) is 10.1. The second-order valence-electron chi connectivity index (χ2n) is 8.31. The van der Waals surface area contributed by atoms with Gasteiger partial charge in [0.15, 0.2) is 11.6 Å². The van der Waals surface area contributed by atoms with E-state index in [1.54, 1.807) is 0 Å². The van der Waals surface area contributed by atoms with Gasteiger partial charge < -0.3 is 5.32 Å². The third-order valence-electron chi connectivity index (χ3n) is 6.49. The zero-order chi connectivity index (χ0) is 19.9. The van der Waals surface area contributed by atoms with Gasteiger partial charge in [-0.2, -0.15) is 0 Å². The Kier molecular flexibility index (Phi) is 4.84. The molecule has 2 aliphatic rings. The van der Waals surface area contributed by atoms with Crippen molar-refractivity contribution in [2.75, 3.05) is 26.2 Å². The van der Waals surface area contributed by atoms with Crippen molar-refractivity contribution in [1.29, 1.82) is 0 Å². The molecule has 1 amide bonds. The van der Waals surface area contributed by atoms with Crippen LogP contribution in [0.3, 0.4) is 0 Å². The number of nitrogens with zero attached hydrogens (tertiary/aromatic N) is 1. The lowest BCUT2D eigenvalue weighted by atomic mass is 9.74. The average molecular weight is 385 g/mol. The lowest BCUT2D eigenvalue weighted by molar-refractivity contribution is 0.0734. The third kappa shape index (κ3) is 2.80. The van der Waals surface area contributed by atoms with Crippen LogP contribution in [0.25, 0.3) is 0 Å². The molecule has 2 aromatic rings. The lowest BCUT2D eigenvalue weighted by Crippen LogP contribution is -2.57. The van der Waals surface area contributed by atoms with E-state index in [1.807, 2.05) is 19.1 Å². The first kappa shape index (κ1) is 19.2. The molecule has 3 nitrogen and oxygen atoms in total. The normalized spacial score (nSPS) is 23.0. The number of fused-ring (bicyclic) bond motifs is 2. The number of benzene rings is 2. The molecule has 0 radical (unpaired) electrons. The second kappa shape index (κ2) is 7.05. The van der Waals surface area contributed by atoms with E-state index in [0.717, 1.165) is 49.7 Å². The van der Waals surface area contributed by atoms with Gasteiger partial charge in [-0.3, -0.25) is 0 Å². The number of aryl methyl sites for hydroxylation is 1. The maximum atomic E-state index is 14.6. The van der Waals surface area contributed by atoms with Crippen LogP contribution in [-0.2, 0) is 5.41 Å². The lowest BCUT2D eigenvalue weighted by Gasteiger charge is -2.37. The Balaban J connectivity index is 1.91. The van der Waals surface area contributed by atoms with Crippen LogP contribution in [0.1, 0.15) is 47.7 Å². The van der Waals surface area contributed by atoms with Crippen molar-refractivity contribution in [3.8, 4) is 0 Å². The van der Waals surface area contributed by atoms with Gasteiger partial charge in [0.05, 0.1) is 12.0 Å². The van der Waals surface area contributed by atoms with E-state index in [4.69, 9.17) is 0 Å². The van der Waals surface area contributed by atoms with Crippen molar-refractivity contribution >= 4 is 11.6 Å². The quantitative estimate of drug-likeness (QED) is 0.790. The molecule has 1 fully saturated rings. The Morgan fingerprint density at radius 1 is 1.18 bits per heavy atom. The Bertz CT molecular complexity index is 921. The third-order valence-corrected chi connectivity index (χ3v) is 6.49. The zero-order valence-electron chi connectivity index (χ0n) is 16.5. The van der Waals surface area contributed by atoms with Crippen LogP contribution in [-0.4, -0.2) is 32.1 Å². The van der Waals surface area contributed by atoms with E-state index in [9.17, 15) is 13.6 Å². The summed E-state index contributed by atoms with van der Waals surface area (Å²) in [7, 11) is 0. The Hall–Kier alpha value is -2.11. The van der Waals surface area contributed by atoms with Crippen LogP contribution < -0.4 is 9.80 Å². The molecule has 1 unspecified atom stereocenters. The van der Waals surface area contributed by atoms with E-state index in [1.165, 1.54) is 17.7 Å². The highest BCUT2D eigenvalue weighted by Gasteiger charge is 2.57. The highest BCUT2D eigenvalue weighted by molar-refractivity contribution is 6.04. The monoisotopic (exact) mass is 385 g/mol. The maximum absolute atomic E-state index is 14.6. The summed E-state index contributed by atoms with van der Waals surface area (Å²) in [5.74, 6) is -2.35. The summed E-state index contributed by atoms with van der Waals surface area (Å²) in [4.78, 5) is 13.8. The van der Waals surface area contributed by atoms with Crippen molar-refractivity contribution < 1.29 is 13.6 Å². The van der Waals surface area contributed by atoms with Gasteiger partial charge in [-0.1, -0.05) is 24.6 Å². The van der Waals surface area contributed by atoms with E-state index < -0.39 is 11.6 Å². The van der Waals surface area contributed by atoms with Crippen molar-refractivity contribution in [1.82, 2.24) is 9.80 Å². The minimum absolute atomic E-state index is 0.0759. The molecule has 0 aliphatic carbocycles. The molecule has 4 rings (SSSR count). The van der Waals surface area contributed by atoms with Crippen molar-refractivity contribution in [2.45, 2.75) is 38.5 Å². The molecule has 0 aromatic heterocycles. The fraction of sp³-hybridized carbons (Fsp3) is 0.435. The summed E-state index contributed by atoms with van der Waals surface area (Å²) in [6.07, 6.45) is 2.68. The highest BCUT2D eigenvalue weighted by Crippen LogP contribution is 2.51. The number of carbonyl (C=O) groups is 1. The first-order valence-electron chi connectivity index (χ1n) is 10.1. The van der Waals surface area contributed by atoms with E-state index in [0.29, 0.717) is 13.1 Å². The van der Waals surface area contributed by atoms with Crippen molar-refractivity contribution in [3.63, 3.8) is 0 Å². The summed E-state index contributed by atoms with van der Waals surface area (Å²) < 4.78 is 28.5. The first-order chi connectivity index (χ1) is 13.4. The van der Waals surface area contributed by atoms with Gasteiger partial charge in [0, 0.05) is 11.6 Å². The minimum atomic E-state index is -1.04. The number of halogens is 2. The van der Waals surface area contributed by atoms with Gasteiger partial charge in [-0.05, 0) is 57.5 Å². The van der Waals surface area contributed by atoms with Gasteiger partial charge in [0.1, 0.15) is 17.8 Å². The number of amides is 1. The Morgan fingerprint density at radius 2 is 1.93 bits per heavy atom. The SMILES string of the molecule is CCC[N+]1(C(=O)c2cccc(F)c2F)CC2(CCNCC2)c2cc(C)ccc21. The van der Waals surface area contributed by atoms with Crippen LogP contribution in [0.15, 0.2) is 36.4 Å². The van der Waals surface area contributed by atoms with E-state index in [2.05, 4.69) is 18.3 Å². The van der Waals surface area contributed by atoms with Crippen LogP contribution in [0, 0.1) is 18.6 Å². The number of nitrogens with one attached hydrogen (secondary N) is 1. The molecule has 1 atom stereocenters.